The molecule has 1 amide bonds. The molecule has 4 rings (SSSR count). The Morgan fingerprint density at radius 3 is 2.79 bits per heavy atom. The second kappa shape index (κ2) is 7.44. The molecule has 28 heavy (non-hydrogen) atoms. The summed E-state index contributed by atoms with van der Waals surface area (Å²) in [6.45, 7) is 0.657. The largest absolute Gasteiger partial charge is 0.497 e. The fourth-order valence-corrected chi connectivity index (χ4v) is 4.59. The maximum absolute atomic E-state index is 13.1. The lowest BCUT2D eigenvalue weighted by Crippen LogP contribution is -2.32. The number of methoxy groups -OCH3 is 1. The summed E-state index contributed by atoms with van der Waals surface area (Å²) in [6, 6.07) is 11.8. The lowest BCUT2D eigenvalue weighted by atomic mass is 10.1. The van der Waals surface area contributed by atoms with Crippen LogP contribution >= 0.6 is 0 Å². The Morgan fingerprint density at radius 1 is 1.21 bits per heavy atom. The number of hydrogen-bond donors (Lipinski definition) is 1. The molecular formula is C20H22N2O5S. The zero-order chi connectivity index (χ0) is 19.7. The summed E-state index contributed by atoms with van der Waals surface area (Å²) < 4.78 is 38.5. The molecule has 1 saturated carbocycles. The van der Waals surface area contributed by atoms with Gasteiger partial charge >= 0.3 is 0 Å². The molecule has 1 aliphatic carbocycles. The SMILES string of the molecule is COc1cccc(S(=O)(=O)N2CCOc3ccc(NC(=O)C4CC4)cc3C2)c1. The van der Waals surface area contributed by atoms with E-state index in [1.54, 1.807) is 36.4 Å². The van der Waals surface area contributed by atoms with Crippen LogP contribution in [-0.4, -0.2) is 38.9 Å². The number of carbonyl (C=O) groups excluding carboxylic acids is 1. The van der Waals surface area contributed by atoms with Crippen molar-refractivity contribution in [3.63, 3.8) is 0 Å². The fraction of sp³-hybridized carbons (Fsp3) is 0.350. The van der Waals surface area contributed by atoms with Crippen LogP contribution in [0.1, 0.15) is 18.4 Å². The van der Waals surface area contributed by atoms with E-state index in [0.29, 0.717) is 17.2 Å². The number of carbonyl (C=O) groups is 1. The van der Waals surface area contributed by atoms with Gasteiger partial charge in [0.1, 0.15) is 18.1 Å². The predicted octanol–water partition coefficient (Wildman–Crippen LogP) is 2.63. The first-order chi connectivity index (χ1) is 13.5. The van der Waals surface area contributed by atoms with Gasteiger partial charge in [0.15, 0.2) is 0 Å². The monoisotopic (exact) mass is 402 g/mol. The first-order valence-corrected chi connectivity index (χ1v) is 10.6. The molecule has 0 unspecified atom stereocenters. The molecule has 8 heteroatoms. The number of sulfonamides is 1. The highest BCUT2D eigenvalue weighted by Gasteiger charge is 2.31. The molecule has 2 aromatic carbocycles. The van der Waals surface area contributed by atoms with Gasteiger partial charge in [-0.2, -0.15) is 4.31 Å². The fourth-order valence-electron chi connectivity index (χ4n) is 3.15. The van der Waals surface area contributed by atoms with Gasteiger partial charge in [0.25, 0.3) is 0 Å². The Bertz CT molecular complexity index is 1000. The second-order valence-corrected chi connectivity index (χ2v) is 8.89. The van der Waals surface area contributed by atoms with Gasteiger partial charge in [-0.1, -0.05) is 6.07 Å². The first kappa shape index (κ1) is 18.8. The summed E-state index contributed by atoms with van der Waals surface area (Å²) >= 11 is 0. The van der Waals surface area contributed by atoms with Crippen LogP contribution in [0.5, 0.6) is 11.5 Å². The van der Waals surface area contributed by atoms with E-state index < -0.39 is 10.0 Å². The van der Waals surface area contributed by atoms with Crippen LogP contribution in [0.3, 0.4) is 0 Å². The molecule has 2 aliphatic rings. The van der Waals surface area contributed by atoms with Gasteiger partial charge in [-0.15, -0.1) is 0 Å². The minimum Gasteiger partial charge on any atom is -0.497 e. The highest BCUT2D eigenvalue weighted by molar-refractivity contribution is 7.89. The molecular weight excluding hydrogens is 380 g/mol. The lowest BCUT2D eigenvalue weighted by Gasteiger charge is -2.20. The number of nitrogens with zero attached hydrogens (tertiary/aromatic N) is 1. The molecule has 1 aliphatic heterocycles. The van der Waals surface area contributed by atoms with Crippen LogP contribution in [0.2, 0.25) is 0 Å². The average molecular weight is 402 g/mol. The topological polar surface area (TPSA) is 84.9 Å². The van der Waals surface area contributed by atoms with E-state index in [0.717, 1.165) is 18.4 Å². The molecule has 1 fully saturated rings. The van der Waals surface area contributed by atoms with Crippen molar-refractivity contribution in [2.24, 2.45) is 5.92 Å². The normalized spacial score (nSPS) is 17.2. The van der Waals surface area contributed by atoms with E-state index in [2.05, 4.69) is 5.32 Å². The molecule has 0 radical (unpaired) electrons. The number of hydrogen-bond acceptors (Lipinski definition) is 5. The smallest absolute Gasteiger partial charge is 0.243 e. The van der Waals surface area contributed by atoms with E-state index in [-0.39, 0.29) is 36.4 Å². The van der Waals surface area contributed by atoms with Gasteiger partial charge in [0.05, 0.1) is 12.0 Å². The third-order valence-electron chi connectivity index (χ3n) is 4.90. The Balaban J connectivity index is 1.60. The van der Waals surface area contributed by atoms with Crippen molar-refractivity contribution in [1.82, 2.24) is 4.31 Å². The van der Waals surface area contributed by atoms with Gasteiger partial charge in [-0.25, -0.2) is 8.42 Å². The van der Waals surface area contributed by atoms with Crippen molar-refractivity contribution in [3.8, 4) is 11.5 Å². The summed E-state index contributed by atoms with van der Waals surface area (Å²) in [7, 11) is -2.21. The summed E-state index contributed by atoms with van der Waals surface area (Å²) in [5, 5.41) is 2.90. The summed E-state index contributed by atoms with van der Waals surface area (Å²) in [5.74, 6) is 1.22. The number of nitrogens with one attached hydrogen (secondary N) is 1. The van der Waals surface area contributed by atoms with Crippen molar-refractivity contribution in [3.05, 3.63) is 48.0 Å². The lowest BCUT2D eigenvalue weighted by molar-refractivity contribution is -0.117. The minimum atomic E-state index is -3.71. The van der Waals surface area contributed by atoms with Crippen LogP contribution in [0.25, 0.3) is 0 Å². The number of amides is 1. The van der Waals surface area contributed by atoms with E-state index >= 15 is 0 Å². The average Bonchev–Trinajstić information content (AvgIpc) is 3.54. The van der Waals surface area contributed by atoms with Crippen LogP contribution < -0.4 is 14.8 Å². The van der Waals surface area contributed by atoms with Gasteiger partial charge in [-0.3, -0.25) is 4.79 Å². The van der Waals surface area contributed by atoms with Gasteiger partial charge in [-0.05, 0) is 43.2 Å². The van der Waals surface area contributed by atoms with E-state index in [9.17, 15) is 13.2 Å². The Morgan fingerprint density at radius 2 is 2.04 bits per heavy atom. The number of rotatable bonds is 5. The Hall–Kier alpha value is -2.58. The van der Waals surface area contributed by atoms with Crippen LogP contribution in [0.15, 0.2) is 47.4 Å². The molecule has 2 aromatic rings. The second-order valence-electron chi connectivity index (χ2n) is 6.95. The first-order valence-electron chi connectivity index (χ1n) is 9.18. The van der Waals surface area contributed by atoms with Gasteiger partial charge < -0.3 is 14.8 Å². The maximum atomic E-state index is 13.1. The molecule has 0 spiro atoms. The molecule has 1 heterocycles. The molecule has 0 bridgehead atoms. The van der Waals surface area contributed by atoms with Crippen molar-refractivity contribution in [1.29, 1.82) is 0 Å². The molecule has 0 aromatic heterocycles. The Labute approximate surface area is 164 Å². The van der Waals surface area contributed by atoms with Crippen LogP contribution in [-0.2, 0) is 21.4 Å². The molecule has 7 nitrogen and oxygen atoms in total. The third-order valence-corrected chi connectivity index (χ3v) is 6.74. The van der Waals surface area contributed by atoms with E-state index in [1.807, 2.05) is 0 Å². The summed E-state index contributed by atoms with van der Waals surface area (Å²) in [4.78, 5) is 12.2. The van der Waals surface area contributed by atoms with Crippen LogP contribution in [0.4, 0.5) is 5.69 Å². The minimum absolute atomic E-state index is 0.00958. The van der Waals surface area contributed by atoms with Crippen molar-refractivity contribution < 1.29 is 22.7 Å². The van der Waals surface area contributed by atoms with Crippen molar-refractivity contribution in [2.75, 3.05) is 25.6 Å². The highest BCUT2D eigenvalue weighted by atomic mass is 32.2. The number of ether oxygens (including phenoxy) is 2. The number of fused-ring (bicyclic) bond motifs is 1. The quantitative estimate of drug-likeness (QED) is 0.831. The summed E-state index contributed by atoms with van der Waals surface area (Å²) in [5.41, 5.74) is 1.37. The summed E-state index contributed by atoms with van der Waals surface area (Å²) in [6.07, 6.45) is 1.85. The van der Waals surface area contributed by atoms with Crippen molar-refractivity contribution in [2.45, 2.75) is 24.3 Å². The van der Waals surface area contributed by atoms with Gasteiger partial charge in [0, 0.05) is 36.3 Å². The predicted molar refractivity (Wildman–Crippen MR) is 104 cm³/mol. The zero-order valence-electron chi connectivity index (χ0n) is 15.6. The third kappa shape index (κ3) is 3.83. The number of benzene rings is 2. The van der Waals surface area contributed by atoms with E-state index in [1.165, 1.54) is 17.5 Å². The van der Waals surface area contributed by atoms with Crippen LogP contribution in [0, 0.1) is 5.92 Å². The molecule has 0 atom stereocenters. The molecule has 0 saturated heterocycles. The van der Waals surface area contributed by atoms with E-state index in [4.69, 9.17) is 9.47 Å². The molecule has 1 N–H and O–H groups in total. The zero-order valence-corrected chi connectivity index (χ0v) is 16.4. The number of anilines is 1. The standard InChI is InChI=1S/C20H22N2O5S/c1-26-17-3-2-4-18(12-17)28(24,25)22-9-10-27-19-8-7-16(11-15(19)13-22)21-20(23)14-5-6-14/h2-4,7-8,11-12,14H,5-6,9-10,13H2,1H3,(H,21,23). The highest BCUT2D eigenvalue weighted by Crippen LogP contribution is 2.32. The van der Waals surface area contributed by atoms with Gasteiger partial charge in [0.2, 0.25) is 15.9 Å². The Kier molecular flexibility index (Phi) is 4.99. The van der Waals surface area contributed by atoms with Crippen molar-refractivity contribution >= 4 is 21.6 Å². The molecule has 148 valence electrons. The maximum Gasteiger partial charge on any atom is 0.243 e.